The quantitative estimate of drug-likeness (QED) is 0.169. The lowest BCUT2D eigenvalue weighted by Crippen LogP contribution is -2.66. The number of aromatic nitrogens is 1. The first kappa shape index (κ1) is 27.8. The zero-order chi connectivity index (χ0) is 28.5. The van der Waals surface area contributed by atoms with E-state index in [-0.39, 0.29) is 16.5 Å². The maximum atomic E-state index is 13.6. The summed E-state index contributed by atoms with van der Waals surface area (Å²) in [7, 11) is -6.76. The second-order valence-electron chi connectivity index (χ2n) is 11.1. The Morgan fingerprint density at radius 3 is 1.90 bits per heavy atom. The average Bonchev–Trinajstić information content (AvgIpc) is 3.35. The molecule has 0 aliphatic carbocycles. The van der Waals surface area contributed by atoms with Crippen molar-refractivity contribution in [3.8, 4) is 0 Å². The highest BCUT2D eigenvalue weighted by atomic mass is 32.2. The number of nitrogens with zero attached hydrogens (tertiary/aromatic N) is 1. The fourth-order valence-corrected chi connectivity index (χ4v) is 11.4. The van der Waals surface area contributed by atoms with Gasteiger partial charge >= 0.3 is 0 Å². The molecule has 40 heavy (non-hydrogen) atoms. The molecule has 5 nitrogen and oxygen atoms in total. The monoisotopic (exact) mass is 567 g/mol. The van der Waals surface area contributed by atoms with E-state index in [0.717, 1.165) is 27.8 Å². The highest BCUT2D eigenvalue weighted by molar-refractivity contribution is 7.90. The number of carbonyl (C=O) groups is 1. The number of hydrogen-bond donors (Lipinski definition) is 0. The SMILES string of the molecule is Cc1ccc(S(=O)(=O)n2cc(C=O)c3c(CO[Si](c4ccccc4)(c4ccccc4)C(C)(C)C)cccc32)cc1. The van der Waals surface area contributed by atoms with E-state index in [9.17, 15) is 13.2 Å². The van der Waals surface area contributed by atoms with Crippen molar-refractivity contribution in [2.75, 3.05) is 0 Å². The standard InChI is InChI=1S/C33H33NO4SSi/c1-25-18-20-28(21-19-25)39(36,37)34-22-27(23-35)32-26(12-11-17-31(32)34)24-38-40(33(2,3)4,29-13-7-5-8-14-29)30-15-9-6-10-16-30/h5-23H,24H2,1-4H3. The molecule has 0 saturated heterocycles. The minimum atomic E-state index is -3.92. The molecule has 0 aliphatic heterocycles. The van der Waals surface area contributed by atoms with Gasteiger partial charge in [0.05, 0.1) is 17.0 Å². The lowest BCUT2D eigenvalue weighted by molar-refractivity contribution is 0.112. The zero-order valence-electron chi connectivity index (χ0n) is 23.2. The van der Waals surface area contributed by atoms with E-state index in [1.165, 1.54) is 10.2 Å². The highest BCUT2D eigenvalue weighted by Crippen LogP contribution is 2.38. The van der Waals surface area contributed by atoms with Gasteiger partial charge in [-0.15, -0.1) is 0 Å². The maximum Gasteiger partial charge on any atom is 0.268 e. The van der Waals surface area contributed by atoms with Crippen LogP contribution in [0.2, 0.25) is 5.04 Å². The van der Waals surface area contributed by atoms with Crippen LogP contribution in [0.25, 0.3) is 10.9 Å². The van der Waals surface area contributed by atoms with Crippen LogP contribution >= 0.6 is 0 Å². The molecule has 0 amide bonds. The van der Waals surface area contributed by atoms with Gasteiger partial charge in [-0.25, -0.2) is 12.4 Å². The number of rotatable bonds is 8. The summed E-state index contributed by atoms with van der Waals surface area (Å²) in [5, 5.41) is 2.66. The molecule has 0 aliphatic rings. The van der Waals surface area contributed by atoms with Crippen LogP contribution in [0.3, 0.4) is 0 Å². The first-order chi connectivity index (χ1) is 19.1. The van der Waals surface area contributed by atoms with E-state index >= 15 is 0 Å². The molecule has 1 heterocycles. The normalized spacial score (nSPS) is 12.5. The Morgan fingerprint density at radius 2 is 1.38 bits per heavy atom. The van der Waals surface area contributed by atoms with Crippen molar-refractivity contribution < 1.29 is 17.6 Å². The molecular formula is C33H33NO4SSi. The maximum absolute atomic E-state index is 13.6. The Hall–Kier alpha value is -3.78. The van der Waals surface area contributed by atoms with Crippen LogP contribution in [0, 0.1) is 6.92 Å². The van der Waals surface area contributed by atoms with Gasteiger partial charge in [-0.1, -0.05) is 111 Å². The Balaban J connectivity index is 1.65. The van der Waals surface area contributed by atoms with Crippen LogP contribution in [0.15, 0.2) is 114 Å². The Labute approximate surface area is 237 Å². The third-order valence-electron chi connectivity index (χ3n) is 7.48. The molecule has 5 rings (SSSR count). The van der Waals surface area contributed by atoms with E-state index in [1.807, 2.05) is 55.5 Å². The molecule has 1 aromatic heterocycles. The van der Waals surface area contributed by atoms with Crippen molar-refractivity contribution in [2.24, 2.45) is 0 Å². The predicted molar refractivity (Wildman–Crippen MR) is 163 cm³/mol. The molecular weight excluding hydrogens is 535 g/mol. The van der Waals surface area contributed by atoms with Gasteiger partial charge in [0.15, 0.2) is 6.29 Å². The van der Waals surface area contributed by atoms with Gasteiger partial charge in [-0.3, -0.25) is 4.79 Å². The zero-order valence-corrected chi connectivity index (χ0v) is 25.0. The molecule has 7 heteroatoms. The van der Waals surface area contributed by atoms with E-state index in [0.29, 0.717) is 16.5 Å². The molecule has 0 radical (unpaired) electrons. The number of benzene rings is 4. The minimum absolute atomic E-state index is 0.168. The molecule has 5 aromatic rings. The number of carbonyl (C=O) groups excluding carboxylic acids is 1. The van der Waals surface area contributed by atoms with Gasteiger partial charge in [0.2, 0.25) is 0 Å². The molecule has 4 aromatic carbocycles. The third-order valence-corrected chi connectivity index (χ3v) is 14.1. The molecule has 0 spiro atoms. The molecule has 0 unspecified atom stereocenters. The third kappa shape index (κ3) is 4.74. The van der Waals surface area contributed by atoms with Crippen molar-refractivity contribution in [3.05, 3.63) is 126 Å². The summed E-state index contributed by atoms with van der Waals surface area (Å²) in [6, 6.07) is 32.9. The van der Waals surface area contributed by atoms with Gasteiger partial charge in [0.1, 0.15) is 0 Å². The summed E-state index contributed by atoms with van der Waals surface area (Å²) >= 11 is 0. The molecule has 0 fully saturated rings. The molecule has 0 N–H and O–H groups in total. The molecule has 0 saturated carbocycles. The van der Waals surface area contributed by atoms with Crippen LogP contribution in [-0.4, -0.2) is 27.0 Å². The largest absolute Gasteiger partial charge is 0.403 e. The van der Waals surface area contributed by atoms with Crippen molar-refractivity contribution in [1.29, 1.82) is 0 Å². The van der Waals surface area contributed by atoms with Crippen molar-refractivity contribution in [1.82, 2.24) is 3.97 Å². The number of aryl methyl sites for hydroxylation is 1. The summed E-state index contributed by atoms with van der Waals surface area (Å²) in [6.07, 6.45) is 2.13. The fourth-order valence-electron chi connectivity index (χ4n) is 5.54. The second-order valence-corrected chi connectivity index (χ2v) is 17.2. The topological polar surface area (TPSA) is 65.4 Å². The van der Waals surface area contributed by atoms with Gasteiger partial charge < -0.3 is 4.43 Å². The lowest BCUT2D eigenvalue weighted by Gasteiger charge is -2.43. The van der Waals surface area contributed by atoms with E-state index in [4.69, 9.17) is 4.43 Å². The molecule has 0 atom stereocenters. The highest BCUT2D eigenvalue weighted by Gasteiger charge is 2.50. The fraction of sp³-hybridized carbons (Fsp3) is 0.182. The van der Waals surface area contributed by atoms with Crippen LogP contribution in [-0.2, 0) is 21.1 Å². The minimum Gasteiger partial charge on any atom is -0.403 e. The van der Waals surface area contributed by atoms with Gasteiger partial charge in [-0.05, 0) is 46.1 Å². The Kier molecular flexibility index (Phi) is 7.40. The number of aldehydes is 1. The van der Waals surface area contributed by atoms with Crippen LogP contribution in [0.5, 0.6) is 0 Å². The number of hydrogen-bond acceptors (Lipinski definition) is 4. The summed E-state index contributed by atoms with van der Waals surface area (Å²) in [5.41, 5.74) is 2.50. The van der Waals surface area contributed by atoms with Crippen molar-refractivity contribution in [2.45, 2.75) is 44.2 Å². The van der Waals surface area contributed by atoms with Gasteiger partial charge in [0, 0.05) is 17.1 Å². The van der Waals surface area contributed by atoms with E-state index in [1.54, 1.807) is 30.3 Å². The Morgan fingerprint density at radius 1 is 0.800 bits per heavy atom. The first-order valence-corrected chi connectivity index (χ1v) is 16.6. The van der Waals surface area contributed by atoms with Crippen LogP contribution in [0.1, 0.15) is 42.3 Å². The van der Waals surface area contributed by atoms with Crippen molar-refractivity contribution >= 4 is 45.9 Å². The van der Waals surface area contributed by atoms with Gasteiger partial charge in [0.25, 0.3) is 18.3 Å². The smallest absolute Gasteiger partial charge is 0.268 e. The second kappa shape index (κ2) is 10.7. The predicted octanol–water partition coefficient (Wildman–Crippen LogP) is 6.08. The summed E-state index contributed by atoms with van der Waals surface area (Å²) in [5.74, 6) is 0. The summed E-state index contributed by atoms with van der Waals surface area (Å²) in [6.45, 7) is 8.76. The molecule has 0 bridgehead atoms. The first-order valence-electron chi connectivity index (χ1n) is 13.2. The Bertz CT molecular complexity index is 1720. The van der Waals surface area contributed by atoms with Crippen molar-refractivity contribution in [3.63, 3.8) is 0 Å². The van der Waals surface area contributed by atoms with E-state index in [2.05, 4.69) is 45.0 Å². The summed E-state index contributed by atoms with van der Waals surface area (Å²) < 4.78 is 35.6. The number of fused-ring (bicyclic) bond motifs is 1. The summed E-state index contributed by atoms with van der Waals surface area (Å²) in [4.78, 5) is 12.4. The van der Waals surface area contributed by atoms with Crippen LogP contribution < -0.4 is 10.4 Å². The van der Waals surface area contributed by atoms with E-state index < -0.39 is 18.3 Å². The lowest BCUT2D eigenvalue weighted by atomic mass is 10.1. The van der Waals surface area contributed by atoms with Crippen LogP contribution in [0.4, 0.5) is 0 Å². The van der Waals surface area contributed by atoms with Gasteiger partial charge in [-0.2, -0.15) is 0 Å². The average molecular weight is 568 g/mol. The molecule has 204 valence electrons.